The molecule has 0 aromatic heterocycles. The number of amides is 1. The highest BCUT2D eigenvalue weighted by Gasteiger charge is 2.28. The molecule has 0 saturated heterocycles. The van der Waals surface area contributed by atoms with Gasteiger partial charge in [-0.15, -0.1) is 0 Å². The second-order valence-electron chi connectivity index (χ2n) is 4.58. The Hall–Kier alpha value is -2.22. The van der Waals surface area contributed by atoms with E-state index in [0.29, 0.717) is 0 Å². The first-order valence-corrected chi connectivity index (χ1v) is 6.09. The van der Waals surface area contributed by atoms with Gasteiger partial charge in [0.2, 0.25) is 5.91 Å². The van der Waals surface area contributed by atoms with Gasteiger partial charge in [0.15, 0.2) is 5.75 Å². The van der Waals surface area contributed by atoms with E-state index in [9.17, 15) is 19.3 Å². The Morgan fingerprint density at radius 3 is 2.85 bits per heavy atom. The number of hydrogen-bond acceptors (Lipinski definition) is 5. The van der Waals surface area contributed by atoms with Crippen molar-refractivity contribution < 1.29 is 18.8 Å². The van der Waals surface area contributed by atoms with Crippen molar-refractivity contribution >= 4 is 11.6 Å². The summed E-state index contributed by atoms with van der Waals surface area (Å²) in [6, 6.07) is 2.36. The van der Waals surface area contributed by atoms with Crippen molar-refractivity contribution in [1.29, 1.82) is 0 Å². The minimum Gasteiger partial charge on any atom is -0.485 e. The standard InChI is InChI=1S/C12H14FN3O4/c13-7-1-4-10(16(18)19)11(5-7)20-6-9(12(14)17)15-8-2-3-8/h1,4-5,8-9,15H,2-3,6H2,(H2,14,17). The Balaban J connectivity index is 2.06. The molecule has 1 atom stereocenters. The van der Waals surface area contributed by atoms with Gasteiger partial charge in [-0.1, -0.05) is 0 Å². The molecule has 1 aliphatic rings. The number of halogens is 1. The lowest BCUT2D eigenvalue weighted by Crippen LogP contribution is -2.46. The average Bonchev–Trinajstić information content (AvgIpc) is 3.17. The lowest BCUT2D eigenvalue weighted by molar-refractivity contribution is -0.385. The van der Waals surface area contributed by atoms with Crippen LogP contribution in [0.4, 0.5) is 10.1 Å². The number of nitrogens with one attached hydrogen (secondary N) is 1. The Kier molecular flexibility index (Phi) is 4.14. The van der Waals surface area contributed by atoms with Crippen LogP contribution in [0.3, 0.4) is 0 Å². The molecule has 7 nitrogen and oxygen atoms in total. The van der Waals surface area contributed by atoms with E-state index in [2.05, 4.69) is 5.32 Å². The number of hydrogen-bond donors (Lipinski definition) is 2. The topological polar surface area (TPSA) is 107 Å². The van der Waals surface area contributed by atoms with E-state index in [0.717, 1.165) is 31.0 Å². The van der Waals surface area contributed by atoms with Crippen molar-refractivity contribution in [1.82, 2.24) is 5.32 Å². The third kappa shape index (κ3) is 3.64. The summed E-state index contributed by atoms with van der Waals surface area (Å²) in [6.07, 6.45) is 1.90. The minimum absolute atomic E-state index is 0.184. The molecule has 1 fully saturated rings. The lowest BCUT2D eigenvalue weighted by atomic mass is 10.2. The van der Waals surface area contributed by atoms with E-state index < -0.39 is 22.7 Å². The Morgan fingerprint density at radius 1 is 1.60 bits per heavy atom. The fraction of sp³-hybridized carbons (Fsp3) is 0.417. The van der Waals surface area contributed by atoms with E-state index in [1.807, 2.05) is 0 Å². The quantitative estimate of drug-likeness (QED) is 0.566. The molecule has 20 heavy (non-hydrogen) atoms. The SMILES string of the molecule is NC(=O)C(COc1cc(F)ccc1[N+](=O)[O-])NC1CC1. The van der Waals surface area contributed by atoms with Crippen molar-refractivity contribution in [2.75, 3.05) is 6.61 Å². The zero-order valence-electron chi connectivity index (χ0n) is 10.5. The van der Waals surface area contributed by atoms with Gasteiger partial charge in [0.25, 0.3) is 0 Å². The first-order valence-electron chi connectivity index (χ1n) is 6.09. The summed E-state index contributed by atoms with van der Waals surface area (Å²) < 4.78 is 18.3. The van der Waals surface area contributed by atoms with Crippen molar-refractivity contribution in [3.63, 3.8) is 0 Å². The molecule has 8 heteroatoms. The fourth-order valence-electron chi connectivity index (χ4n) is 1.67. The van der Waals surface area contributed by atoms with Gasteiger partial charge < -0.3 is 15.8 Å². The molecule has 1 amide bonds. The molecule has 1 aromatic carbocycles. The van der Waals surface area contributed by atoms with Crippen molar-refractivity contribution in [2.45, 2.75) is 24.9 Å². The monoisotopic (exact) mass is 283 g/mol. The van der Waals surface area contributed by atoms with Crippen LogP contribution >= 0.6 is 0 Å². The molecule has 1 aliphatic carbocycles. The first kappa shape index (κ1) is 14.2. The van der Waals surface area contributed by atoms with Gasteiger partial charge in [-0.25, -0.2) is 4.39 Å². The second kappa shape index (κ2) is 5.83. The summed E-state index contributed by atoms with van der Waals surface area (Å²) in [4.78, 5) is 21.4. The number of nitro groups is 1. The van der Waals surface area contributed by atoms with Crippen LogP contribution in [0.1, 0.15) is 12.8 Å². The number of nitrogens with two attached hydrogens (primary N) is 1. The maximum Gasteiger partial charge on any atom is 0.311 e. The highest BCUT2D eigenvalue weighted by molar-refractivity contribution is 5.80. The summed E-state index contributed by atoms with van der Waals surface area (Å²) in [5.74, 6) is -1.49. The molecule has 0 bridgehead atoms. The van der Waals surface area contributed by atoms with E-state index in [1.54, 1.807) is 0 Å². The van der Waals surface area contributed by atoms with Gasteiger partial charge in [0.1, 0.15) is 18.5 Å². The maximum absolute atomic E-state index is 13.1. The van der Waals surface area contributed by atoms with Crippen LogP contribution in [0.15, 0.2) is 18.2 Å². The molecule has 1 unspecified atom stereocenters. The molecule has 0 spiro atoms. The Labute approximate surface area is 114 Å². The first-order chi connectivity index (χ1) is 9.47. The van der Waals surface area contributed by atoms with Crippen LogP contribution in [-0.2, 0) is 4.79 Å². The summed E-state index contributed by atoms with van der Waals surface area (Å²) >= 11 is 0. The van der Waals surface area contributed by atoms with Gasteiger partial charge in [-0.05, 0) is 18.9 Å². The maximum atomic E-state index is 13.1. The molecule has 2 rings (SSSR count). The number of carbonyl (C=O) groups excluding carboxylic acids is 1. The van der Waals surface area contributed by atoms with Crippen LogP contribution in [-0.4, -0.2) is 29.5 Å². The molecule has 1 aromatic rings. The molecular weight excluding hydrogens is 269 g/mol. The summed E-state index contributed by atoms with van der Waals surface area (Å²) in [7, 11) is 0. The smallest absolute Gasteiger partial charge is 0.311 e. The van der Waals surface area contributed by atoms with E-state index in [-0.39, 0.29) is 24.1 Å². The van der Waals surface area contributed by atoms with Crippen molar-refractivity contribution in [3.05, 3.63) is 34.1 Å². The predicted molar refractivity (Wildman–Crippen MR) is 67.7 cm³/mol. The van der Waals surface area contributed by atoms with E-state index in [1.165, 1.54) is 0 Å². The van der Waals surface area contributed by atoms with Crippen LogP contribution in [0.5, 0.6) is 5.75 Å². The van der Waals surface area contributed by atoms with Crippen molar-refractivity contribution in [2.24, 2.45) is 5.73 Å². The largest absolute Gasteiger partial charge is 0.485 e. The number of benzene rings is 1. The zero-order chi connectivity index (χ0) is 14.7. The number of nitrogens with zero attached hydrogens (tertiary/aromatic N) is 1. The lowest BCUT2D eigenvalue weighted by Gasteiger charge is -2.15. The molecule has 0 aliphatic heterocycles. The highest BCUT2D eigenvalue weighted by Crippen LogP contribution is 2.27. The van der Waals surface area contributed by atoms with Crippen LogP contribution in [0.25, 0.3) is 0 Å². The fourth-order valence-corrected chi connectivity index (χ4v) is 1.67. The van der Waals surface area contributed by atoms with Gasteiger partial charge >= 0.3 is 5.69 Å². The molecule has 108 valence electrons. The molecular formula is C12H14FN3O4. The van der Waals surface area contributed by atoms with Crippen molar-refractivity contribution in [3.8, 4) is 5.75 Å². The Bertz CT molecular complexity index is 533. The molecule has 3 N–H and O–H groups in total. The predicted octanol–water partition coefficient (Wildman–Crippen LogP) is 0.719. The van der Waals surface area contributed by atoms with Crippen LogP contribution < -0.4 is 15.8 Å². The second-order valence-corrected chi connectivity index (χ2v) is 4.58. The summed E-state index contributed by atoms with van der Waals surface area (Å²) in [5.41, 5.74) is 4.86. The third-order valence-corrected chi connectivity index (χ3v) is 2.88. The van der Waals surface area contributed by atoms with Crippen LogP contribution in [0.2, 0.25) is 0 Å². The number of ether oxygens (including phenoxy) is 1. The van der Waals surface area contributed by atoms with E-state index >= 15 is 0 Å². The highest BCUT2D eigenvalue weighted by atomic mass is 19.1. The third-order valence-electron chi connectivity index (χ3n) is 2.88. The molecule has 0 radical (unpaired) electrons. The summed E-state index contributed by atoms with van der Waals surface area (Å²) in [5, 5.41) is 13.8. The summed E-state index contributed by atoms with van der Waals surface area (Å²) in [6.45, 7) is -0.184. The Morgan fingerprint density at radius 2 is 2.30 bits per heavy atom. The minimum atomic E-state index is -0.759. The van der Waals surface area contributed by atoms with Crippen LogP contribution in [0, 0.1) is 15.9 Å². The average molecular weight is 283 g/mol. The number of nitro benzene ring substituents is 1. The van der Waals surface area contributed by atoms with Gasteiger partial charge in [-0.2, -0.15) is 0 Å². The van der Waals surface area contributed by atoms with Gasteiger partial charge in [0.05, 0.1) is 4.92 Å². The van der Waals surface area contributed by atoms with Gasteiger partial charge in [0, 0.05) is 18.2 Å². The number of carbonyl (C=O) groups is 1. The number of primary amides is 1. The van der Waals surface area contributed by atoms with Gasteiger partial charge in [-0.3, -0.25) is 14.9 Å². The molecule has 0 heterocycles. The van der Waals surface area contributed by atoms with E-state index in [4.69, 9.17) is 10.5 Å². The molecule has 1 saturated carbocycles. The zero-order valence-corrected chi connectivity index (χ0v) is 10.5. The number of rotatable bonds is 7. The normalized spacial score (nSPS) is 15.7.